The van der Waals surface area contributed by atoms with Gasteiger partial charge in [0.15, 0.2) is 0 Å². The van der Waals surface area contributed by atoms with E-state index in [9.17, 15) is 4.79 Å². The minimum atomic E-state index is -0.148. The van der Waals surface area contributed by atoms with Crippen LogP contribution in [-0.2, 0) is 14.4 Å². The minimum absolute atomic E-state index is 0.0484. The van der Waals surface area contributed by atoms with E-state index in [-0.39, 0.29) is 12.1 Å². The Balaban J connectivity index is 1.45. The molecule has 0 radical (unpaired) electrons. The van der Waals surface area contributed by atoms with Gasteiger partial charge in [0.05, 0.1) is 30.5 Å². The fraction of sp³-hybridized carbons (Fsp3) is 0.550. The predicted molar refractivity (Wildman–Crippen MR) is 101 cm³/mol. The number of carbonyl (C=O) groups excluding carboxylic acids is 1. The number of nitriles is 1. The Labute approximate surface area is 160 Å². The van der Waals surface area contributed by atoms with Crippen molar-refractivity contribution in [1.29, 1.82) is 5.26 Å². The highest BCUT2D eigenvalue weighted by molar-refractivity contribution is 6.01. The largest absolute Gasteiger partial charge is 0.465 e. The van der Waals surface area contributed by atoms with Gasteiger partial charge in [0.2, 0.25) is 0 Å². The van der Waals surface area contributed by atoms with Gasteiger partial charge in [-0.25, -0.2) is 0 Å². The Bertz CT molecular complexity index is 711. The molecule has 3 rings (SSSR count). The first-order chi connectivity index (χ1) is 13.2. The molecule has 0 amide bonds. The highest BCUT2D eigenvalue weighted by Crippen LogP contribution is 2.18. The van der Waals surface area contributed by atoms with Gasteiger partial charge in [0.25, 0.3) is 0 Å². The summed E-state index contributed by atoms with van der Waals surface area (Å²) in [5.74, 6) is -0.148. The van der Waals surface area contributed by atoms with E-state index in [0.717, 1.165) is 56.8 Å². The summed E-state index contributed by atoms with van der Waals surface area (Å²) in [6.07, 6.45) is 1.84. The molecule has 144 valence electrons. The van der Waals surface area contributed by atoms with Crippen molar-refractivity contribution in [3.05, 3.63) is 35.4 Å². The van der Waals surface area contributed by atoms with Crippen LogP contribution in [0, 0.1) is 11.3 Å². The molecule has 1 atom stereocenters. The maximum atomic E-state index is 11.7. The molecule has 27 heavy (non-hydrogen) atoms. The first kappa shape index (κ1) is 19.3. The predicted octanol–water partition coefficient (Wildman–Crippen LogP) is 1.62. The lowest BCUT2D eigenvalue weighted by Crippen LogP contribution is -2.37. The van der Waals surface area contributed by atoms with E-state index in [2.05, 4.69) is 21.0 Å². The molecule has 1 unspecified atom stereocenters. The average molecular weight is 370 g/mol. The topological polar surface area (TPSA) is 78.2 Å². The second-order valence-electron chi connectivity index (χ2n) is 6.89. The van der Waals surface area contributed by atoms with E-state index in [1.807, 2.05) is 19.1 Å². The third-order valence-electron chi connectivity index (χ3n) is 4.88. The molecule has 1 aromatic carbocycles. The summed E-state index contributed by atoms with van der Waals surface area (Å²) in [6.45, 7) is 7.13. The SMILES string of the molecule is CCOC(=O)CN1CCCN(CC2CC(c3ccc(C#N)cc3)=NO2)CC1. The number of benzene rings is 1. The molecule has 2 aliphatic heterocycles. The normalized spacial score (nSPS) is 21.0. The van der Waals surface area contributed by atoms with Crippen molar-refractivity contribution in [3.8, 4) is 6.07 Å². The summed E-state index contributed by atoms with van der Waals surface area (Å²) >= 11 is 0. The second-order valence-corrected chi connectivity index (χ2v) is 6.89. The number of esters is 1. The third-order valence-corrected chi connectivity index (χ3v) is 4.88. The summed E-state index contributed by atoms with van der Waals surface area (Å²) in [5.41, 5.74) is 2.59. The number of hydrogen-bond donors (Lipinski definition) is 0. The van der Waals surface area contributed by atoms with E-state index in [1.54, 1.807) is 12.1 Å². The van der Waals surface area contributed by atoms with Crippen LogP contribution in [0.15, 0.2) is 29.4 Å². The van der Waals surface area contributed by atoms with Crippen molar-refractivity contribution in [1.82, 2.24) is 9.80 Å². The van der Waals surface area contributed by atoms with Gasteiger partial charge in [-0.05, 0) is 37.6 Å². The van der Waals surface area contributed by atoms with E-state index in [4.69, 9.17) is 14.8 Å². The van der Waals surface area contributed by atoms with Crippen LogP contribution < -0.4 is 0 Å². The maximum absolute atomic E-state index is 11.7. The standard InChI is InChI=1S/C20H26N4O3/c1-2-26-20(25)15-24-9-3-8-23(10-11-24)14-18-12-19(22-27-18)17-6-4-16(13-21)5-7-17/h4-7,18H,2-3,8-12,14-15H2,1H3. The van der Waals surface area contributed by atoms with Crippen LogP contribution in [-0.4, -0.2) is 73.5 Å². The van der Waals surface area contributed by atoms with E-state index in [0.29, 0.717) is 18.7 Å². The molecule has 0 N–H and O–H groups in total. The molecule has 2 aliphatic rings. The Morgan fingerprint density at radius 3 is 2.74 bits per heavy atom. The molecule has 0 aliphatic carbocycles. The van der Waals surface area contributed by atoms with Crippen molar-refractivity contribution in [2.45, 2.75) is 25.9 Å². The molecule has 7 nitrogen and oxygen atoms in total. The highest BCUT2D eigenvalue weighted by Gasteiger charge is 2.26. The van der Waals surface area contributed by atoms with Crippen LogP contribution in [0.2, 0.25) is 0 Å². The number of carbonyl (C=O) groups is 1. The Morgan fingerprint density at radius 2 is 2.00 bits per heavy atom. The Kier molecular flexibility index (Phi) is 6.80. The summed E-state index contributed by atoms with van der Waals surface area (Å²) in [4.78, 5) is 21.8. The van der Waals surface area contributed by atoms with E-state index in [1.165, 1.54) is 0 Å². The van der Waals surface area contributed by atoms with Gasteiger partial charge in [-0.2, -0.15) is 5.26 Å². The number of ether oxygens (including phenoxy) is 1. The molecule has 1 saturated heterocycles. The van der Waals surface area contributed by atoms with Gasteiger partial charge in [0.1, 0.15) is 6.10 Å². The molecule has 0 spiro atoms. The van der Waals surface area contributed by atoms with Crippen LogP contribution in [0.5, 0.6) is 0 Å². The maximum Gasteiger partial charge on any atom is 0.320 e. The smallest absolute Gasteiger partial charge is 0.320 e. The summed E-state index contributed by atoms with van der Waals surface area (Å²) < 4.78 is 5.04. The van der Waals surface area contributed by atoms with Gasteiger partial charge in [-0.1, -0.05) is 17.3 Å². The van der Waals surface area contributed by atoms with Gasteiger partial charge in [-0.3, -0.25) is 14.6 Å². The molecule has 1 aromatic rings. The summed E-state index contributed by atoms with van der Waals surface area (Å²) in [7, 11) is 0. The Hall–Kier alpha value is -2.43. The number of rotatable bonds is 6. The third kappa shape index (κ3) is 5.52. The quantitative estimate of drug-likeness (QED) is 0.708. The zero-order valence-electron chi connectivity index (χ0n) is 15.8. The van der Waals surface area contributed by atoms with Crippen LogP contribution in [0.3, 0.4) is 0 Å². The van der Waals surface area contributed by atoms with Crippen molar-refractivity contribution in [2.24, 2.45) is 5.16 Å². The monoisotopic (exact) mass is 370 g/mol. The summed E-state index contributed by atoms with van der Waals surface area (Å²) in [5, 5.41) is 13.1. The molecule has 1 fully saturated rings. The van der Waals surface area contributed by atoms with Gasteiger partial charge < -0.3 is 9.57 Å². The van der Waals surface area contributed by atoms with Gasteiger partial charge in [-0.15, -0.1) is 0 Å². The molecular weight excluding hydrogens is 344 g/mol. The van der Waals surface area contributed by atoms with Crippen molar-refractivity contribution in [2.75, 3.05) is 45.9 Å². The van der Waals surface area contributed by atoms with Crippen LogP contribution >= 0.6 is 0 Å². The number of hydrogen-bond acceptors (Lipinski definition) is 7. The number of oxime groups is 1. The van der Waals surface area contributed by atoms with Gasteiger partial charge in [0, 0.05) is 32.6 Å². The first-order valence-corrected chi connectivity index (χ1v) is 9.51. The van der Waals surface area contributed by atoms with Crippen molar-refractivity contribution in [3.63, 3.8) is 0 Å². The first-order valence-electron chi connectivity index (χ1n) is 9.51. The molecule has 0 bridgehead atoms. The molecule has 7 heteroatoms. The highest BCUT2D eigenvalue weighted by atomic mass is 16.6. The molecule has 0 aromatic heterocycles. The molecular formula is C20H26N4O3. The van der Waals surface area contributed by atoms with Crippen LogP contribution in [0.4, 0.5) is 0 Å². The average Bonchev–Trinajstić information content (AvgIpc) is 3.03. The molecule has 0 saturated carbocycles. The molecule has 2 heterocycles. The zero-order chi connectivity index (χ0) is 19.1. The van der Waals surface area contributed by atoms with E-state index >= 15 is 0 Å². The van der Waals surface area contributed by atoms with Crippen LogP contribution in [0.1, 0.15) is 30.9 Å². The lowest BCUT2D eigenvalue weighted by molar-refractivity contribution is -0.144. The van der Waals surface area contributed by atoms with Crippen molar-refractivity contribution < 1.29 is 14.4 Å². The number of nitrogens with zero attached hydrogens (tertiary/aromatic N) is 4. The van der Waals surface area contributed by atoms with E-state index < -0.39 is 0 Å². The van der Waals surface area contributed by atoms with Gasteiger partial charge >= 0.3 is 5.97 Å². The zero-order valence-corrected chi connectivity index (χ0v) is 15.8. The second kappa shape index (κ2) is 9.49. The Morgan fingerprint density at radius 1 is 1.26 bits per heavy atom. The fourth-order valence-electron chi connectivity index (χ4n) is 3.48. The lowest BCUT2D eigenvalue weighted by Gasteiger charge is -2.23. The van der Waals surface area contributed by atoms with Crippen molar-refractivity contribution >= 4 is 11.7 Å². The minimum Gasteiger partial charge on any atom is -0.465 e. The summed E-state index contributed by atoms with van der Waals surface area (Å²) in [6, 6.07) is 9.57. The van der Waals surface area contributed by atoms with Crippen LogP contribution in [0.25, 0.3) is 0 Å². The lowest BCUT2D eigenvalue weighted by atomic mass is 10.0. The fourth-order valence-corrected chi connectivity index (χ4v) is 3.48.